The van der Waals surface area contributed by atoms with E-state index in [1.165, 1.54) is 10.5 Å². The van der Waals surface area contributed by atoms with Crippen molar-refractivity contribution in [1.29, 1.82) is 0 Å². The number of hydrogen-bond donors (Lipinski definition) is 1. The molecule has 0 heterocycles. The Bertz CT molecular complexity index is 571. The van der Waals surface area contributed by atoms with E-state index in [2.05, 4.69) is 17.4 Å². The molecule has 0 saturated carbocycles. The topological polar surface area (TPSA) is 29.1 Å². The quantitative estimate of drug-likeness (QED) is 0.566. The summed E-state index contributed by atoms with van der Waals surface area (Å²) in [5.74, 6) is 0.937. The maximum Gasteiger partial charge on any atom is 0.220 e. The van der Waals surface area contributed by atoms with Crippen molar-refractivity contribution in [2.75, 3.05) is 12.3 Å². The highest BCUT2D eigenvalue weighted by molar-refractivity contribution is 7.99. The van der Waals surface area contributed by atoms with Crippen LogP contribution < -0.4 is 5.32 Å². The van der Waals surface area contributed by atoms with Gasteiger partial charge in [0.15, 0.2) is 0 Å². The zero-order valence-corrected chi connectivity index (χ0v) is 14.0. The highest BCUT2D eigenvalue weighted by atomic mass is 35.5. The molecule has 116 valence electrons. The number of benzene rings is 2. The van der Waals surface area contributed by atoms with E-state index >= 15 is 0 Å². The SMILES string of the molecule is O=C(CCSc1ccccc1)NCCCc1ccc(Cl)cc1. The predicted octanol–water partition coefficient (Wildman–Crippen LogP) is 4.57. The second-order valence-corrected chi connectivity index (χ2v) is 6.60. The van der Waals surface area contributed by atoms with Gasteiger partial charge >= 0.3 is 0 Å². The average molecular weight is 334 g/mol. The predicted molar refractivity (Wildman–Crippen MR) is 94.6 cm³/mol. The molecule has 0 atom stereocenters. The van der Waals surface area contributed by atoms with Crippen LogP contribution in [0.2, 0.25) is 5.02 Å². The number of halogens is 1. The number of carbonyl (C=O) groups is 1. The summed E-state index contributed by atoms with van der Waals surface area (Å²) < 4.78 is 0. The van der Waals surface area contributed by atoms with Gasteiger partial charge < -0.3 is 5.32 Å². The first-order chi connectivity index (χ1) is 10.7. The highest BCUT2D eigenvalue weighted by Gasteiger charge is 2.01. The Kier molecular flexibility index (Phi) is 7.34. The molecule has 1 N–H and O–H groups in total. The minimum Gasteiger partial charge on any atom is -0.356 e. The average Bonchev–Trinajstić information content (AvgIpc) is 2.54. The van der Waals surface area contributed by atoms with E-state index in [0.717, 1.165) is 30.2 Å². The van der Waals surface area contributed by atoms with Crippen LogP contribution >= 0.6 is 23.4 Å². The molecule has 2 aromatic rings. The molecule has 2 rings (SSSR count). The van der Waals surface area contributed by atoms with Crippen LogP contribution in [0.3, 0.4) is 0 Å². The van der Waals surface area contributed by atoms with E-state index in [4.69, 9.17) is 11.6 Å². The van der Waals surface area contributed by atoms with Gasteiger partial charge in [0.2, 0.25) is 5.91 Å². The maximum atomic E-state index is 11.7. The molecule has 0 unspecified atom stereocenters. The molecule has 4 heteroatoms. The van der Waals surface area contributed by atoms with Gasteiger partial charge in [-0.2, -0.15) is 0 Å². The Morgan fingerprint density at radius 1 is 1.05 bits per heavy atom. The van der Waals surface area contributed by atoms with Gasteiger partial charge in [0.25, 0.3) is 0 Å². The fraction of sp³-hybridized carbons (Fsp3) is 0.278. The second-order valence-electron chi connectivity index (χ2n) is 4.99. The van der Waals surface area contributed by atoms with Crippen molar-refractivity contribution in [2.45, 2.75) is 24.2 Å². The zero-order valence-electron chi connectivity index (χ0n) is 12.4. The molecule has 0 aliphatic rings. The third-order valence-electron chi connectivity index (χ3n) is 3.22. The molecule has 22 heavy (non-hydrogen) atoms. The van der Waals surface area contributed by atoms with Crippen LogP contribution in [0.5, 0.6) is 0 Å². The van der Waals surface area contributed by atoms with E-state index in [0.29, 0.717) is 6.42 Å². The second kappa shape index (κ2) is 9.54. The van der Waals surface area contributed by atoms with Gasteiger partial charge in [0.1, 0.15) is 0 Å². The minimum atomic E-state index is 0.125. The van der Waals surface area contributed by atoms with Crippen molar-refractivity contribution in [3.05, 3.63) is 65.2 Å². The molecule has 0 aromatic heterocycles. The summed E-state index contributed by atoms with van der Waals surface area (Å²) in [6.07, 6.45) is 2.45. The molecule has 2 nitrogen and oxygen atoms in total. The van der Waals surface area contributed by atoms with Gasteiger partial charge in [-0.1, -0.05) is 41.9 Å². The summed E-state index contributed by atoms with van der Waals surface area (Å²) in [4.78, 5) is 13.0. The molecule has 0 fully saturated rings. The van der Waals surface area contributed by atoms with E-state index in [-0.39, 0.29) is 5.91 Å². The van der Waals surface area contributed by atoms with Crippen molar-refractivity contribution in [3.8, 4) is 0 Å². The van der Waals surface area contributed by atoms with Crippen LogP contribution in [0.1, 0.15) is 18.4 Å². The van der Waals surface area contributed by atoms with Gasteiger partial charge in [-0.25, -0.2) is 0 Å². The molecule has 0 spiro atoms. The number of hydrogen-bond acceptors (Lipinski definition) is 2. The number of thioether (sulfide) groups is 1. The standard InChI is InChI=1S/C18H20ClNOS/c19-16-10-8-15(9-11-16)5-4-13-20-18(21)12-14-22-17-6-2-1-3-7-17/h1-3,6-11H,4-5,12-14H2,(H,20,21). The summed E-state index contributed by atoms with van der Waals surface area (Å²) in [5.41, 5.74) is 1.25. The van der Waals surface area contributed by atoms with Crippen molar-refractivity contribution in [2.24, 2.45) is 0 Å². The first-order valence-electron chi connectivity index (χ1n) is 7.43. The Hall–Kier alpha value is -1.45. The molecule has 2 aromatic carbocycles. The van der Waals surface area contributed by atoms with Crippen LogP contribution in [0.25, 0.3) is 0 Å². The van der Waals surface area contributed by atoms with Crippen LogP contribution in [-0.2, 0) is 11.2 Å². The van der Waals surface area contributed by atoms with Crippen LogP contribution in [-0.4, -0.2) is 18.2 Å². The van der Waals surface area contributed by atoms with Gasteiger partial charge in [0, 0.05) is 28.6 Å². The fourth-order valence-electron chi connectivity index (χ4n) is 2.04. The number of carbonyl (C=O) groups excluding carboxylic acids is 1. The smallest absolute Gasteiger partial charge is 0.220 e. The molecular formula is C18H20ClNOS. The number of rotatable bonds is 8. The molecule has 1 amide bonds. The first kappa shape index (κ1) is 16.9. The van der Waals surface area contributed by atoms with Crippen LogP contribution in [0, 0.1) is 0 Å². The van der Waals surface area contributed by atoms with Crippen LogP contribution in [0.15, 0.2) is 59.5 Å². The summed E-state index contributed by atoms with van der Waals surface area (Å²) in [6.45, 7) is 0.720. The van der Waals surface area contributed by atoms with Gasteiger partial charge in [-0.15, -0.1) is 11.8 Å². The largest absolute Gasteiger partial charge is 0.356 e. The Labute approximate surface area is 141 Å². The molecular weight excluding hydrogens is 314 g/mol. The van der Waals surface area contributed by atoms with E-state index < -0.39 is 0 Å². The molecule has 0 aliphatic heterocycles. The Morgan fingerprint density at radius 2 is 1.77 bits per heavy atom. The van der Waals surface area contributed by atoms with Crippen molar-refractivity contribution in [3.63, 3.8) is 0 Å². The normalized spacial score (nSPS) is 10.4. The van der Waals surface area contributed by atoms with Crippen LogP contribution in [0.4, 0.5) is 0 Å². The number of nitrogens with one attached hydrogen (secondary N) is 1. The lowest BCUT2D eigenvalue weighted by molar-refractivity contribution is -0.120. The van der Waals surface area contributed by atoms with E-state index in [9.17, 15) is 4.79 Å². The Morgan fingerprint density at radius 3 is 2.50 bits per heavy atom. The first-order valence-corrected chi connectivity index (χ1v) is 8.79. The number of aryl methyl sites for hydroxylation is 1. The minimum absolute atomic E-state index is 0.125. The lowest BCUT2D eigenvalue weighted by atomic mass is 10.1. The lowest BCUT2D eigenvalue weighted by Crippen LogP contribution is -2.24. The summed E-state index contributed by atoms with van der Waals surface area (Å²) in [6, 6.07) is 18.0. The molecule has 0 aliphatic carbocycles. The molecule has 0 saturated heterocycles. The fourth-order valence-corrected chi connectivity index (χ4v) is 3.04. The van der Waals surface area contributed by atoms with Crippen molar-refractivity contribution < 1.29 is 4.79 Å². The van der Waals surface area contributed by atoms with Gasteiger partial charge in [-0.05, 0) is 42.7 Å². The summed E-state index contributed by atoms with van der Waals surface area (Å²) in [7, 11) is 0. The summed E-state index contributed by atoms with van der Waals surface area (Å²) in [5, 5.41) is 3.73. The zero-order chi connectivity index (χ0) is 15.6. The Balaban J connectivity index is 1.55. The van der Waals surface area contributed by atoms with Crippen molar-refractivity contribution in [1.82, 2.24) is 5.32 Å². The van der Waals surface area contributed by atoms with Gasteiger partial charge in [0.05, 0.1) is 0 Å². The monoisotopic (exact) mass is 333 g/mol. The number of amides is 1. The van der Waals surface area contributed by atoms with E-state index in [1.807, 2.05) is 42.5 Å². The lowest BCUT2D eigenvalue weighted by Gasteiger charge is -2.06. The molecule has 0 radical (unpaired) electrons. The third kappa shape index (κ3) is 6.54. The maximum absolute atomic E-state index is 11.7. The van der Waals surface area contributed by atoms with Gasteiger partial charge in [-0.3, -0.25) is 4.79 Å². The molecule has 0 bridgehead atoms. The van der Waals surface area contributed by atoms with Crippen molar-refractivity contribution >= 4 is 29.3 Å². The van der Waals surface area contributed by atoms with E-state index in [1.54, 1.807) is 11.8 Å². The third-order valence-corrected chi connectivity index (χ3v) is 4.48. The highest BCUT2D eigenvalue weighted by Crippen LogP contribution is 2.17. The summed E-state index contributed by atoms with van der Waals surface area (Å²) >= 11 is 7.56.